The molecule has 0 fully saturated rings. The minimum absolute atomic E-state index is 0.0511. The van der Waals surface area contributed by atoms with Gasteiger partial charge in [0.15, 0.2) is 0 Å². The molecular weight excluding hydrogens is 336 g/mol. The number of carbonyl (C=O) groups excluding carboxylic acids is 2. The Balaban J connectivity index is 2.03. The summed E-state index contributed by atoms with van der Waals surface area (Å²) >= 11 is 0.959. The molecule has 0 aliphatic rings. The SMILES string of the molecule is COC(=O)c1ccc(C)c(NC(=O)CSc2ccc(F)cc2F)c1. The fourth-order valence-corrected chi connectivity index (χ4v) is 2.64. The van der Waals surface area contributed by atoms with Gasteiger partial charge in [-0.25, -0.2) is 13.6 Å². The molecule has 0 spiro atoms. The summed E-state index contributed by atoms with van der Waals surface area (Å²) in [6.45, 7) is 1.78. The largest absolute Gasteiger partial charge is 0.465 e. The zero-order valence-corrected chi connectivity index (χ0v) is 13.9. The van der Waals surface area contributed by atoms with E-state index in [1.165, 1.54) is 19.2 Å². The predicted molar refractivity (Wildman–Crippen MR) is 88.2 cm³/mol. The molecule has 0 bridgehead atoms. The van der Waals surface area contributed by atoms with Gasteiger partial charge in [0.25, 0.3) is 0 Å². The van der Waals surface area contributed by atoms with E-state index in [0.29, 0.717) is 11.3 Å². The van der Waals surface area contributed by atoms with Crippen molar-refractivity contribution in [3.8, 4) is 0 Å². The quantitative estimate of drug-likeness (QED) is 0.658. The smallest absolute Gasteiger partial charge is 0.337 e. The number of aryl methyl sites for hydroxylation is 1. The zero-order chi connectivity index (χ0) is 17.7. The van der Waals surface area contributed by atoms with Crippen LogP contribution in [0.25, 0.3) is 0 Å². The first-order valence-electron chi connectivity index (χ1n) is 6.97. The highest BCUT2D eigenvalue weighted by molar-refractivity contribution is 8.00. The van der Waals surface area contributed by atoms with Crippen LogP contribution in [0, 0.1) is 18.6 Å². The molecule has 7 heteroatoms. The highest BCUT2D eigenvalue weighted by atomic mass is 32.2. The van der Waals surface area contributed by atoms with Crippen molar-refractivity contribution in [1.29, 1.82) is 0 Å². The summed E-state index contributed by atoms with van der Waals surface area (Å²) in [5, 5.41) is 2.67. The van der Waals surface area contributed by atoms with Crippen LogP contribution in [-0.2, 0) is 9.53 Å². The first kappa shape index (κ1) is 17.9. The van der Waals surface area contributed by atoms with Crippen LogP contribution >= 0.6 is 11.8 Å². The molecule has 0 radical (unpaired) electrons. The van der Waals surface area contributed by atoms with Gasteiger partial charge in [0.05, 0.1) is 18.4 Å². The summed E-state index contributed by atoms with van der Waals surface area (Å²) in [6.07, 6.45) is 0. The number of hydrogen-bond acceptors (Lipinski definition) is 4. The number of hydrogen-bond donors (Lipinski definition) is 1. The molecule has 0 atom stereocenters. The topological polar surface area (TPSA) is 55.4 Å². The third-order valence-corrected chi connectivity index (χ3v) is 4.23. The van der Waals surface area contributed by atoms with Crippen LogP contribution < -0.4 is 5.32 Å². The van der Waals surface area contributed by atoms with Crippen molar-refractivity contribution in [1.82, 2.24) is 0 Å². The average Bonchev–Trinajstić information content (AvgIpc) is 2.55. The van der Waals surface area contributed by atoms with Crippen LogP contribution in [0.4, 0.5) is 14.5 Å². The van der Waals surface area contributed by atoms with Crippen LogP contribution in [-0.4, -0.2) is 24.7 Å². The van der Waals surface area contributed by atoms with E-state index in [9.17, 15) is 18.4 Å². The third kappa shape index (κ3) is 4.55. The highest BCUT2D eigenvalue weighted by Crippen LogP contribution is 2.23. The Morgan fingerprint density at radius 2 is 1.92 bits per heavy atom. The minimum atomic E-state index is -0.711. The van der Waals surface area contributed by atoms with Crippen LogP contribution in [0.2, 0.25) is 0 Å². The van der Waals surface area contributed by atoms with Gasteiger partial charge in [-0.2, -0.15) is 0 Å². The van der Waals surface area contributed by atoms with Gasteiger partial charge in [-0.1, -0.05) is 6.07 Å². The van der Waals surface area contributed by atoms with Crippen molar-refractivity contribution in [2.45, 2.75) is 11.8 Å². The molecule has 1 amide bonds. The summed E-state index contributed by atoms with van der Waals surface area (Å²) in [5.41, 5.74) is 1.56. The van der Waals surface area contributed by atoms with Crippen molar-refractivity contribution < 1.29 is 23.1 Å². The van der Waals surface area contributed by atoms with Crippen molar-refractivity contribution in [2.24, 2.45) is 0 Å². The lowest BCUT2D eigenvalue weighted by molar-refractivity contribution is -0.113. The lowest BCUT2D eigenvalue weighted by atomic mass is 10.1. The number of esters is 1. The van der Waals surface area contributed by atoms with Crippen LogP contribution in [0.15, 0.2) is 41.3 Å². The number of halogens is 2. The summed E-state index contributed by atoms with van der Waals surface area (Å²) in [4.78, 5) is 23.7. The fourth-order valence-electron chi connectivity index (χ4n) is 1.92. The van der Waals surface area contributed by atoms with Crippen molar-refractivity contribution >= 4 is 29.3 Å². The number of rotatable bonds is 5. The predicted octanol–water partition coefficient (Wildman–Crippen LogP) is 3.79. The molecule has 0 unspecified atom stereocenters. The molecule has 1 N–H and O–H groups in total. The normalized spacial score (nSPS) is 10.3. The lowest BCUT2D eigenvalue weighted by Gasteiger charge is -2.10. The fraction of sp³-hybridized carbons (Fsp3) is 0.176. The van der Waals surface area contributed by atoms with Gasteiger partial charge in [0, 0.05) is 16.6 Å². The maximum atomic E-state index is 13.5. The van der Waals surface area contributed by atoms with E-state index >= 15 is 0 Å². The van der Waals surface area contributed by atoms with Crippen molar-refractivity contribution in [3.63, 3.8) is 0 Å². The van der Waals surface area contributed by atoms with Gasteiger partial charge < -0.3 is 10.1 Å². The monoisotopic (exact) mass is 351 g/mol. The minimum Gasteiger partial charge on any atom is -0.465 e. The molecule has 4 nitrogen and oxygen atoms in total. The van der Waals surface area contributed by atoms with E-state index in [1.807, 2.05) is 0 Å². The average molecular weight is 351 g/mol. The number of anilines is 1. The number of nitrogens with one attached hydrogen (secondary N) is 1. The van der Waals surface area contributed by atoms with E-state index in [-0.39, 0.29) is 16.6 Å². The Kier molecular flexibility index (Phi) is 5.92. The van der Waals surface area contributed by atoms with Crippen molar-refractivity contribution in [2.75, 3.05) is 18.2 Å². The number of methoxy groups -OCH3 is 1. The van der Waals surface area contributed by atoms with Gasteiger partial charge in [-0.05, 0) is 36.8 Å². The maximum absolute atomic E-state index is 13.5. The molecule has 2 rings (SSSR count). The first-order chi connectivity index (χ1) is 11.4. The summed E-state index contributed by atoms with van der Waals surface area (Å²) in [7, 11) is 1.27. The zero-order valence-electron chi connectivity index (χ0n) is 13.1. The second-order valence-corrected chi connectivity index (χ2v) is 5.95. The molecule has 0 aromatic heterocycles. The van der Waals surface area contributed by atoms with E-state index in [1.54, 1.807) is 19.1 Å². The Labute approximate surface area is 142 Å². The molecule has 126 valence electrons. The van der Waals surface area contributed by atoms with E-state index in [4.69, 9.17) is 0 Å². The Morgan fingerprint density at radius 3 is 2.58 bits per heavy atom. The van der Waals surface area contributed by atoms with E-state index in [0.717, 1.165) is 29.5 Å². The second kappa shape index (κ2) is 7.92. The Morgan fingerprint density at radius 1 is 1.17 bits per heavy atom. The van der Waals surface area contributed by atoms with Gasteiger partial charge in [0.2, 0.25) is 5.91 Å². The number of thioether (sulfide) groups is 1. The molecule has 0 heterocycles. The molecule has 2 aromatic rings. The van der Waals surface area contributed by atoms with Gasteiger partial charge in [-0.3, -0.25) is 4.79 Å². The molecular formula is C17H15F2NO3S. The second-order valence-electron chi connectivity index (χ2n) is 4.93. The van der Waals surface area contributed by atoms with Crippen molar-refractivity contribution in [3.05, 3.63) is 59.2 Å². The Bertz CT molecular complexity index is 780. The van der Waals surface area contributed by atoms with E-state index < -0.39 is 17.6 Å². The summed E-state index contributed by atoms with van der Waals surface area (Å²) in [6, 6.07) is 7.99. The van der Waals surface area contributed by atoms with Gasteiger partial charge >= 0.3 is 5.97 Å². The number of ether oxygens (including phenoxy) is 1. The molecule has 0 aliphatic carbocycles. The highest BCUT2D eigenvalue weighted by Gasteiger charge is 2.12. The summed E-state index contributed by atoms with van der Waals surface area (Å²) < 4.78 is 31.0. The standard InChI is InChI=1S/C17H15F2NO3S/c1-10-3-4-11(17(22)23-2)7-14(10)20-16(21)9-24-15-6-5-12(18)8-13(15)19/h3-8H,9H2,1-2H3,(H,20,21). The number of benzene rings is 2. The molecule has 0 saturated carbocycles. The number of amides is 1. The summed E-state index contributed by atoms with van der Waals surface area (Å²) in [5.74, 6) is -2.31. The third-order valence-electron chi connectivity index (χ3n) is 3.19. The lowest BCUT2D eigenvalue weighted by Crippen LogP contribution is -2.15. The maximum Gasteiger partial charge on any atom is 0.337 e. The Hall–Kier alpha value is -2.41. The number of carbonyl (C=O) groups is 2. The molecule has 24 heavy (non-hydrogen) atoms. The van der Waals surface area contributed by atoms with Gasteiger partial charge in [0.1, 0.15) is 11.6 Å². The van der Waals surface area contributed by atoms with Crippen LogP contribution in [0.1, 0.15) is 15.9 Å². The molecule has 0 saturated heterocycles. The van der Waals surface area contributed by atoms with Crippen LogP contribution in [0.3, 0.4) is 0 Å². The van der Waals surface area contributed by atoms with Crippen LogP contribution in [0.5, 0.6) is 0 Å². The molecule has 2 aromatic carbocycles. The van der Waals surface area contributed by atoms with E-state index in [2.05, 4.69) is 10.1 Å². The molecule has 0 aliphatic heterocycles. The first-order valence-corrected chi connectivity index (χ1v) is 7.96. The van der Waals surface area contributed by atoms with Gasteiger partial charge in [-0.15, -0.1) is 11.8 Å².